The minimum Gasteiger partial charge on any atom is -0.329 e. The maximum absolute atomic E-state index is 12.6. The molecule has 1 unspecified atom stereocenters. The van der Waals surface area contributed by atoms with Gasteiger partial charge in [0, 0.05) is 31.4 Å². The Bertz CT molecular complexity index is 442. The molecule has 0 aromatic carbocycles. The van der Waals surface area contributed by atoms with Gasteiger partial charge < -0.3 is 5.73 Å². The van der Waals surface area contributed by atoms with Crippen LogP contribution in [0.5, 0.6) is 0 Å². The Morgan fingerprint density at radius 1 is 1.37 bits per heavy atom. The molecule has 0 saturated heterocycles. The molecule has 1 aliphatic heterocycles. The molecule has 1 atom stereocenters. The summed E-state index contributed by atoms with van der Waals surface area (Å²) in [4.78, 5) is 6.16. The molecule has 19 heavy (non-hydrogen) atoms. The standard InChI is InChI=1S/C13H16F3N3/c14-13(15,16)10-4-7-19(8-5-10)12(9-17)11-3-1-2-6-18-11/h1-4,6,12H,5,7-9,17H2. The Morgan fingerprint density at radius 2 is 2.16 bits per heavy atom. The van der Waals surface area contributed by atoms with Gasteiger partial charge in [-0.1, -0.05) is 12.1 Å². The minimum atomic E-state index is -4.21. The van der Waals surface area contributed by atoms with Crippen LogP contribution in [-0.4, -0.2) is 35.7 Å². The van der Waals surface area contributed by atoms with Gasteiger partial charge in [0.15, 0.2) is 0 Å². The van der Waals surface area contributed by atoms with Gasteiger partial charge >= 0.3 is 6.18 Å². The van der Waals surface area contributed by atoms with Gasteiger partial charge in [-0.25, -0.2) is 0 Å². The summed E-state index contributed by atoms with van der Waals surface area (Å²) in [7, 11) is 0. The van der Waals surface area contributed by atoms with Crippen molar-refractivity contribution in [2.45, 2.75) is 18.6 Å². The van der Waals surface area contributed by atoms with Crippen molar-refractivity contribution in [1.29, 1.82) is 0 Å². The molecule has 2 heterocycles. The van der Waals surface area contributed by atoms with Gasteiger partial charge in [0.05, 0.1) is 11.7 Å². The topological polar surface area (TPSA) is 42.1 Å². The van der Waals surface area contributed by atoms with Gasteiger partial charge in [-0.15, -0.1) is 0 Å². The molecule has 0 spiro atoms. The average Bonchev–Trinajstić information content (AvgIpc) is 2.40. The molecule has 1 aliphatic rings. The molecule has 0 bridgehead atoms. The number of halogens is 3. The van der Waals surface area contributed by atoms with Crippen molar-refractivity contribution in [2.75, 3.05) is 19.6 Å². The monoisotopic (exact) mass is 271 g/mol. The summed E-state index contributed by atoms with van der Waals surface area (Å²) in [5, 5.41) is 0. The van der Waals surface area contributed by atoms with Crippen molar-refractivity contribution in [3.8, 4) is 0 Å². The van der Waals surface area contributed by atoms with Gasteiger partial charge in [-0.05, 0) is 18.6 Å². The molecular weight excluding hydrogens is 255 g/mol. The zero-order chi connectivity index (χ0) is 13.9. The van der Waals surface area contributed by atoms with Crippen LogP contribution in [0, 0.1) is 0 Å². The van der Waals surface area contributed by atoms with E-state index < -0.39 is 11.7 Å². The Morgan fingerprint density at radius 3 is 2.63 bits per heavy atom. The molecule has 104 valence electrons. The lowest BCUT2D eigenvalue weighted by Crippen LogP contribution is -2.38. The van der Waals surface area contributed by atoms with Crippen molar-refractivity contribution < 1.29 is 13.2 Å². The highest BCUT2D eigenvalue weighted by molar-refractivity contribution is 5.16. The maximum atomic E-state index is 12.6. The second-order valence-electron chi connectivity index (χ2n) is 4.48. The number of nitrogens with two attached hydrogens (primary N) is 1. The van der Waals surface area contributed by atoms with Crippen LogP contribution in [0.25, 0.3) is 0 Å². The smallest absolute Gasteiger partial charge is 0.329 e. The first-order valence-corrected chi connectivity index (χ1v) is 6.13. The molecule has 2 rings (SSSR count). The number of rotatable bonds is 3. The first-order chi connectivity index (χ1) is 9.02. The number of pyridine rings is 1. The number of nitrogens with zero attached hydrogens (tertiary/aromatic N) is 2. The van der Waals surface area contributed by atoms with E-state index in [0.717, 1.165) is 5.69 Å². The van der Waals surface area contributed by atoms with E-state index in [1.54, 1.807) is 12.3 Å². The average molecular weight is 271 g/mol. The number of hydrogen-bond donors (Lipinski definition) is 1. The molecule has 0 amide bonds. The second kappa shape index (κ2) is 5.71. The lowest BCUT2D eigenvalue weighted by atomic mass is 10.0. The normalized spacial score (nSPS) is 19.1. The number of aromatic nitrogens is 1. The molecule has 0 aliphatic carbocycles. The summed E-state index contributed by atoms with van der Waals surface area (Å²) in [6, 6.07) is 5.37. The van der Waals surface area contributed by atoms with Crippen molar-refractivity contribution in [1.82, 2.24) is 9.88 Å². The molecule has 0 fully saturated rings. The second-order valence-corrected chi connectivity index (χ2v) is 4.48. The SMILES string of the molecule is NCC(c1ccccn1)N1CC=C(C(F)(F)F)CC1. The molecule has 6 heteroatoms. The van der Waals surface area contributed by atoms with Gasteiger partial charge in [-0.3, -0.25) is 9.88 Å². The summed E-state index contributed by atoms with van der Waals surface area (Å²) in [6.07, 6.45) is -1.30. The van der Waals surface area contributed by atoms with E-state index in [-0.39, 0.29) is 19.0 Å². The van der Waals surface area contributed by atoms with Crippen LogP contribution in [0.1, 0.15) is 18.2 Å². The Hall–Kier alpha value is -1.40. The van der Waals surface area contributed by atoms with Crippen molar-refractivity contribution >= 4 is 0 Å². The summed E-state index contributed by atoms with van der Waals surface area (Å²) < 4.78 is 37.7. The molecule has 0 saturated carbocycles. The predicted molar refractivity (Wildman–Crippen MR) is 66.4 cm³/mol. The van der Waals surface area contributed by atoms with Crippen LogP contribution in [-0.2, 0) is 0 Å². The van der Waals surface area contributed by atoms with E-state index in [4.69, 9.17) is 5.73 Å². The highest BCUT2D eigenvalue weighted by Gasteiger charge is 2.35. The fourth-order valence-corrected chi connectivity index (χ4v) is 2.26. The Labute approximate surface area is 109 Å². The van der Waals surface area contributed by atoms with Crippen molar-refractivity contribution in [3.05, 3.63) is 41.7 Å². The van der Waals surface area contributed by atoms with Crippen LogP contribution >= 0.6 is 0 Å². The molecular formula is C13H16F3N3. The zero-order valence-corrected chi connectivity index (χ0v) is 10.4. The maximum Gasteiger partial charge on any atom is 0.412 e. The minimum absolute atomic E-state index is 0.00678. The highest BCUT2D eigenvalue weighted by atomic mass is 19.4. The first-order valence-electron chi connectivity index (χ1n) is 6.13. The lowest BCUT2D eigenvalue weighted by molar-refractivity contribution is -0.0964. The molecule has 3 nitrogen and oxygen atoms in total. The molecule has 0 radical (unpaired) electrons. The summed E-state index contributed by atoms with van der Waals surface area (Å²) >= 11 is 0. The zero-order valence-electron chi connectivity index (χ0n) is 10.4. The summed E-state index contributed by atoms with van der Waals surface area (Å²) in [5.74, 6) is 0. The van der Waals surface area contributed by atoms with E-state index in [9.17, 15) is 13.2 Å². The lowest BCUT2D eigenvalue weighted by Gasteiger charge is -2.33. The van der Waals surface area contributed by atoms with E-state index >= 15 is 0 Å². The highest BCUT2D eigenvalue weighted by Crippen LogP contribution is 2.32. The number of alkyl halides is 3. The van der Waals surface area contributed by atoms with Crippen LogP contribution in [0.3, 0.4) is 0 Å². The van der Waals surface area contributed by atoms with E-state index in [0.29, 0.717) is 13.1 Å². The first kappa shape index (κ1) is 14.0. The molecule has 2 N–H and O–H groups in total. The van der Waals surface area contributed by atoms with E-state index in [2.05, 4.69) is 4.98 Å². The van der Waals surface area contributed by atoms with Crippen LogP contribution in [0.4, 0.5) is 13.2 Å². The van der Waals surface area contributed by atoms with Gasteiger partial charge in [-0.2, -0.15) is 13.2 Å². The molecule has 1 aromatic heterocycles. The van der Waals surface area contributed by atoms with Crippen LogP contribution in [0.15, 0.2) is 36.0 Å². The fraction of sp³-hybridized carbons (Fsp3) is 0.462. The fourth-order valence-electron chi connectivity index (χ4n) is 2.26. The Balaban J connectivity index is 2.10. The van der Waals surface area contributed by atoms with Gasteiger partial charge in [0.2, 0.25) is 0 Å². The quantitative estimate of drug-likeness (QED) is 0.858. The summed E-state index contributed by atoms with van der Waals surface area (Å²) in [5.41, 5.74) is 6.09. The van der Waals surface area contributed by atoms with Crippen LogP contribution < -0.4 is 5.73 Å². The third kappa shape index (κ3) is 3.33. The largest absolute Gasteiger partial charge is 0.412 e. The molecule has 1 aromatic rings. The van der Waals surface area contributed by atoms with Crippen molar-refractivity contribution in [2.24, 2.45) is 5.73 Å². The third-order valence-corrected chi connectivity index (χ3v) is 3.30. The van der Waals surface area contributed by atoms with E-state index in [1.165, 1.54) is 6.08 Å². The summed E-state index contributed by atoms with van der Waals surface area (Å²) in [6.45, 7) is 0.948. The third-order valence-electron chi connectivity index (χ3n) is 3.30. The number of hydrogen-bond acceptors (Lipinski definition) is 3. The van der Waals surface area contributed by atoms with E-state index in [1.807, 2.05) is 17.0 Å². The van der Waals surface area contributed by atoms with Gasteiger partial charge in [0.1, 0.15) is 0 Å². The van der Waals surface area contributed by atoms with Crippen molar-refractivity contribution in [3.63, 3.8) is 0 Å². The predicted octanol–water partition coefficient (Wildman–Crippen LogP) is 2.28. The van der Waals surface area contributed by atoms with Crippen LogP contribution in [0.2, 0.25) is 0 Å². The Kier molecular flexibility index (Phi) is 4.21. The van der Waals surface area contributed by atoms with Gasteiger partial charge in [0.25, 0.3) is 0 Å².